The van der Waals surface area contributed by atoms with Crippen LogP contribution in [0.1, 0.15) is 60.6 Å². The van der Waals surface area contributed by atoms with Gasteiger partial charge >= 0.3 is 0 Å². The van der Waals surface area contributed by atoms with Crippen molar-refractivity contribution in [2.75, 3.05) is 4.90 Å². The molecule has 1 atom stereocenters. The third kappa shape index (κ3) is 3.31. The molecule has 1 fully saturated rings. The number of amides is 2. The lowest BCUT2D eigenvalue weighted by atomic mass is 9.90. The van der Waals surface area contributed by atoms with Crippen molar-refractivity contribution in [2.24, 2.45) is 0 Å². The molecule has 1 aliphatic heterocycles. The Morgan fingerprint density at radius 3 is 2.53 bits per heavy atom. The van der Waals surface area contributed by atoms with Crippen LogP contribution in [0.4, 0.5) is 5.69 Å². The van der Waals surface area contributed by atoms with Crippen molar-refractivity contribution >= 4 is 28.4 Å². The zero-order chi connectivity index (χ0) is 22.5. The first-order valence-corrected chi connectivity index (χ1v) is 11.7. The van der Waals surface area contributed by atoms with Crippen molar-refractivity contribution in [3.63, 3.8) is 0 Å². The van der Waals surface area contributed by atoms with E-state index in [1.54, 1.807) is 4.90 Å². The fraction of sp³-hybridized carbons (Fsp3) is 0.407. The third-order valence-corrected chi connectivity index (χ3v) is 7.22. The van der Waals surface area contributed by atoms with Crippen LogP contribution in [0.15, 0.2) is 48.5 Å². The average Bonchev–Trinajstić information content (AvgIpc) is 3.14. The van der Waals surface area contributed by atoms with E-state index in [-0.39, 0.29) is 17.9 Å². The minimum atomic E-state index is -1.02. The molecule has 1 aromatic heterocycles. The maximum atomic E-state index is 14.0. The molecule has 2 amide bonds. The predicted octanol–water partition coefficient (Wildman–Crippen LogP) is 5.13. The Balaban J connectivity index is 1.63. The molecule has 2 aliphatic rings. The molecule has 5 nitrogen and oxygen atoms in total. The summed E-state index contributed by atoms with van der Waals surface area (Å²) in [7, 11) is 0. The molecule has 166 valence electrons. The van der Waals surface area contributed by atoms with Gasteiger partial charge in [0.15, 0.2) is 0 Å². The Hall–Kier alpha value is -3.08. The van der Waals surface area contributed by atoms with Gasteiger partial charge < -0.3 is 9.88 Å². The summed E-state index contributed by atoms with van der Waals surface area (Å²) < 4.78 is 2.03. The van der Waals surface area contributed by atoms with Crippen LogP contribution in [-0.2, 0) is 11.3 Å². The van der Waals surface area contributed by atoms with Gasteiger partial charge in [-0.15, -0.1) is 0 Å². The molecule has 1 aliphatic carbocycles. The van der Waals surface area contributed by atoms with E-state index in [1.807, 2.05) is 67.8 Å². The van der Waals surface area contributed by atoms with Crippen molar-refractivity contribution in [3.05, 3.63) is 65.4 Å². The van der Waals surface area contributed by atoms with E-state index in [2.05, 4.69) is 11.4 Å². The number of nitrogens with one attached hydrogen (secondary N) is 1. The van der Waals surface area contributed by atoms with E-state index < -0.39 is 5.54 Å². The first kappa shape index (κ1) is 20.8. The summed E-state index contributed by atoms with van der Waals surface area (Å²) in [6.07, 6.45) is 5.55. The van der Waals surface area contributed by atoms with Crippen molar-refractivity contribution in [1.29, 1.82) is 0 Å². The number of aryl methyl sites for hydroxylation is 2. The Kier molecular flexibility index (Phi) is 5.07. The highest BCUT2D eigenvalue weighted by Gasteiger charge is 2.49. The largest absolute Gasteiger partial charge is 0.351 e. The van der Waals surface area contributed by atoms with Crippen LogP contribution in [0.25, 0.3) is 10.9 Å². The first-order valence-electron chi connectivity index (χ1n) is 11.7. The maximum Gasteiger partial charge on any atom is 0.275 e. The molecule has 0 saturated heterocycles. The highest BCUT2D eigenvalue weighted by molar-refractivity contribution is 6.14. The number of carbonyl (C=O) groups excluding carboxylic acids is 2. The molecule has 0 radical (unpaired) electrons. The average molecular weight is 430 g/mol. The van der Waals surface area contributed by atoms with Crippen molar-refractivity contribution < 1.29 is 9.59 Å². The Bertz CT molecular complexity index is 1200. The predicted molar refractivity (Wildman–Crippen MR) is 128 cm³/mol. The summed E-state index contributed by atoms with van der Waals surface area (Å²) in [5.41, 5.74) is 3.54. The summed E-state index contributed by atoms with van der Waals surface area (Å²) in [5.74, 6) is -0.193. The minimum absolute atomic E-state index is 0.0684. The molecule has 32 heavy (non-hydrogen) atoms. The number of aromatic nitrogens is 1. The van der Waals surface area contributed by atoms with Gasteiger partial charge in [0.25, 0.3) is 5.91 Å². The van der Waals surface area contributed by atoms with Crippen molar-refractivity contribution in [2.45, 2.75) is 71.0 Å². The Morgan fingerprint density at radius 2 is 1.78 bits per heavy atom. The number of hydrogen-bond acceptors (Lipinski definition) is 2. The Morgan fingerprint density at radius 1 is 1.03 bits per heavy atom. The van der Waals surface area contributed by atoms with Gasteiger partial charge in [-0.25, -0.2) is 0 Å². The van der Waals surface area contributed by atoms with E-state index in [0.717, 1.165) is 53.4 Å². The molecule has 5 rings (SSSR count). The number of benzene rings is 2. The lowest BCUT2D eigenvalue weighted by Crippen LogP contribution is -2.65. The number of anilines is 1. The fourth-order valence-corrected chi connectivity index (χ4v) is 5.47. The van der Waals surface area contributed by atoms with Gasteiger partial charge in [0.05, 0.1) is 6.54 Å². The number of rotatable bonds is 3. The van der Waals surface area contributed by atoms with Gasteiger partial charge in [-0.1, -0.05) is 55.2 Å². The van der Waals surface area contributed by atoms with E-state index in [0.29, 0.717) is 12.2 Å². The van der Waals surface area contributed by atoms with Crippen molar-refractivity contribution in [3.8, 4) is 0 Å². The second kappa shape index (κ2) is 7.80. The monoisotopic (exact) mass is 429 g/mol. The van der Waals surface area contributed by atoms with Gasteiger partial charge in [0.2, 0.25) is 5.91 Å². The maximum absolute atomic E-state index is 14.0. The third-order valence-electron chi connectivity index (χ3n) is 7.22. The van der Waals surface area contributed by atoms with Gasteiger partial charge in [-0.3, -0.25) is 14.5 Å². The number of fused-ring (bicyclic) bond motifs is 3. The molecule has 0 unspecified atom stereocenters. The van der Waals surface area contributed by atoms with Gasteiger partial charge in [0.1, 0.15) is 11.2 Å². The lowest BCUT2D eigenvalue weighted by molar-refractivity contribution is -0.127. The smallest absolute Gasteiger partial charge is 0.275 e. The zero-order valence-corrected chi connectivity index (χ0v) is 19.1. The highest BCUT2D eigenvalue weighted by atomic mass is 16.2. The number of para-hydroxylation sites is 1. The fourth-order valence-electron chi connectivity index (χ4n) is 5.47. The number of nitrogens with zero attached hydrogens (tertiary/aromatic N) is 2. The second-order valence-electron chi connectivity index (χ2n) is 9.69. The normalized spacial score (nSPS) is 21.6. The van der Waals surface area contributed by atoms with Gasteiger partial charge in [-0.05, 0) is 57.4 Å². The molecular formula is C27H31N3O2. The molecule has 0 bridgehead atoms. The highest BCUT2D eigenvalue weighted by Crippen LogP contribution is 2.37. The molecule has 5 heteroatoms. The summed E-state index contributed by atoms with van der Waals surface area (Å²) >= 11 is 0. The standard InChI is InChI=1S/C27H31N3O2/c1-18-13-14-22(19(2)15-18)30-25(31)24-16-20-9-7-8-12-23(20)29(24)17-27(30,3)26(32)28-21-10-5-4-6-11-21/h7-9,12-16,21H,4-6,10-11,17H2,1-3H3,(H,28,32)/t27-/m1/s1. The molecular weight excluding hydrogens is 398 g/mol. The van der Waals surface area contributed by atoms with Crippen LogP contribution >= 0.6 is 0 Å². The topological polar surface area (TPSA) is 54.3 Å². The molecule has 2 aromatic carbocycles. The lowest BCUT2D eigenvalue weighted by Gasteiger charge is -2.45. The van der Waals surface area contributed by atoms with Crippen LogP contribution in [0.5, 0.6) is 0 Å². The minimum Gasteiger partial charge on any atom is -0.351 e. The number of carbonyl (C=O) groups is 2. The van der Waals surface area contributed by atoms with Crippen LogP contribution in [0.2, 0.25) is 0 Å². The van der Waals surface area contributed by atoms with Crippen LogP contribution in [0, 0.1) is 13.8 Å². The molecule has 0 spiro atoms. The number of hydrogen-bond donors (Lipinski definition) is 1. The van der Waals surface area contributed by atoms with E-state index >= 15 is 0 Å². The van der Waals surface area contributed by atoms with Gasteiger partial charge in [-0.2, -0.15) is 0 Å². The zero-order valence-electron chi connectivity index (χ0n) is 19.1. The van der Waals surface area contributed by atoms with E-state index in [4.69, 9.17) is 0 Å². The second-order valence-corrected chi connectivity index (χ2v) is 9.69. The summed E-state index contributed by atoms with van der Waals surface area (Å²) in [4.78, 5) is 29.6. The molecule has 1 N–H and O–H groups in total. The first-order chi connectivity index (χ1) is 15.4. The SMILES string of the molecule is Cc1ccc(N2C(=O)c3cc4ccccc4n3C[C@]2(C)C(=O)NC2CCCCC2)c(C)c1. The molecule has 2 heterocycles. The summed E-state index contributed by atoms with van der Waals surface area (Å²) in [6.45, 7) is 6.40. The van der Waals surface area contributed by atoms with Crippen LogP contribution in [-0.4, -0.2) is 28.0 Å². The Labute approximate surface area is 189 Å². The summed E-state index contributed by atoms with van der Waals surface area (Å²) in [6, 6.07) is 16.2. The van der Waals surface area contributed by atoms with Gasteiger partial charge in [0, 0.05) is 22.6 Å². The van der Waals surface area contributed by atoms with Crippen LogP contribution in [0.3, 0.4) is 0 Å². The molecule has 1 saturated carbocycles. The summed E-state index contributed by atoms with van der Waals surface area (Å²) in [5, 5.41) is 4.33. The quantitative estimate of drug-likeness (QED) is 0.628. The molecule has 3 aromatic rings. The van der Waals surface area contributed by atoms with Crippen LogP contribution < -0.4 is 10.2 Å². The van der Waals surface area contributed by atoms with Crippen molar-refractivity contribution in [1.82, 2.24) is 9.88 Å². The van der Waals surface area contributed by atoms with E-state index in [9.17, 15) is 9.59 Å². The van der Waals surface area contributed by atoms with E-state index in [1.165, 1.54) is 6.42 Å².